The molecule has 0 aliphatic rings. The molecule has 0 saturated carbocycles. The Morgan fingerprint density at radius 3 is 3.08 bits per heavy atom. The van der Waals surface area contributed by atoms with Gasteiger partial charge in [0.05, 0.1) is 6.20 Å². The summed E-state index contributed by atoms with van der Waals surface area (Å²) < 4.78 is 0. The molecule has 0 aliphatic heterocycles. The van der Waals surface area contributed by atoms with E-state index in [0.29, 0.717) is 6.29 Å². The molecule has 0 aromatic carbocycles. The maximum absolute atomic E-state index is 9.88. The molecule has 0 fully saturated rings. The van der Waals surface area contributed by atoms with E-state index >= 15 is 0 Å². The highest BCUT2D eigenvalue weighted by atomic mass is 35.5. The minimum Gasteiger partial charge on any atom is -0.381 e. The minimum atomic E-state index is 0.161. The summed E-state index contributed by atoms with van der Waals surface area (Å²) in [5.74, 6) is 4.72. The first-order valence-electron chi connectivity index (χ1n) is 2.97. The van der Waals surface area contributed by atoms with Gasteiger partial charge in [-0.25, -0.2) is 9.97 Å². The Labute approximate surface area is 73.8 Å². The number of anilines is 1. The van der Waals surface area contributed by atoms with Crippen molar-refractivity contribution in [1.29, 1.82) is 0 Å². The quantitative estimate of drug-likeness (QED) is 0.461. The molecule has 60 valence electrons. The maximum atomic E-state index is 9.88. The first-order valence-corrected chi connectivity index (χ1v) is 3.35. The molecule has 5 heteroatoms. The van der Waals surface area contributed by atoms with Crippen LogP contribution in [0.2, 0.25) is 5.15 Å². The fourth-order valence-electron chi connectivity index (χ4n) is 0.567. The Morgan fingerprint density at radius 1 is 1.67 bits per heavy atom. The summed E-state index contributed by atoms with van der Waals surface area (Å²) in [6.45, 7) is 0. The van der Waals surface area contributed by atoms with Crippen LogP contribution in [0.1, 0.15) is 5.69 Å². The molecule has 0 unspecified atom stereocenters. The zero-order valence-electron chi connectivity index (χ0n) is 5.91. The van der Waals surface area contributed by atoms with Gasteiger partial charge in [-0.15, -0.1) is 0 Å². The summed E-state index contributed by atoms with van der Waals surface area (Å²) >= 11 is 5.51. The number of rotatable bonds is 0. The van der Waals surface area contributed by atoms with Gasteiger partial charge in [-0.05, 0) is 11.8 Å². The van der Waals surface area contributed by atoms with Crippen molar-refractivity contribution in [2.75, 3.05) is 5.73 Å². The number of hydrogen-bond donors (Lipinski definition) is 1. The van der Waals surface area contributed by atoms with Gasteiger partial charge in [-0.2, -0.15) is 0 Å². The molecule has 12 heavy (non-hydrogen) atoms. The van der Waals surface area contributed by atoms with E-state index in [1.165, 1.54) is 6.20 Å². The number of aldehydes is 1. The third-order valence-corrected chi connectivity index (χ3v) is 1.20. The Bertz CT molecular complexity index is 367. The Kier molecular flexibility index (Phi) is 2.62. The van der Waals surface area contributed by atoms with E-state index in [1.54, 1.807) is 0 Å². The van der Waals surface area contributed by atoms with Crippen molar-refractivity contribution in [2.45, 2.75) is 0 Å². The number of hydrogen-bond acceptors (Lipinski definition) is 4. The fraction of sp³-hybridized carbons (Fsp3) is 0. The molecule has 2 N–H and O–H groups in total. The topological polar surface area (TPSA) is 68.9 Å². The van der Waals surface area contributed by atoms with Crippen LogP contribution in [0.3, 0.4) is 0 Å². The SMILES string of the molecule is Nc1ncc(Cl)nc1C#CC=O. The van der Waals surface area contributed by atoms with Crippen LogP contribution in [0.15, 0.2) is 6.20 Å². The predicted molar refractivity (Wildman–Crippen MR) is 44.4 cm³/mol. The van der Waals surface area contributed by atoms with Gasteiger partial charge in [0.2, 0.25) is 0 Å². The van der Waals surface area contributed by atoms with Gasteiger partial charge in [0.1, 0.15) is 5.15 Å². The van der Waals surface area contributed by atoms with Crippen molar-refractivity contribution in [3.63, 3.8) is 0 Å². The highest BCUT2D eigenvalue weighted by Crippen LogP contribution is 2.07. The van der Waals surface area contributed by atoms with Gasteiger partial charge in [0.25, 0.3) is 0 Å². The first kappa shape index (κ1) is 8.50. The third-order valence-electron chi connectivity index (χ3n) is 1.02. The molecule has 0 spiro atoms. The first-order chi connectivity index (χ1) is 5.74. The summed E-state index contributed by atoms with van der Waals surface area (Å²) in [7, 11) is 0. The highest BCUT2D eigenvalue weighted by molar-refractivity contribution is 6.29. The van der Waals surface area contributed by atoms with Crippen molar-refractivity contribution in [3.05, 3.63) is 17.0 Å². The number of halogens is 1. The van der Waals surface area contributed by atoms with Crippen molar-refractivity contribution in [2.24, 2.45) is 0 Å². The Morgan fingerprint density at radius 2 is 2.42 bits per heavy atom. The molecule has 4 nitrogen and oxygen atoms in total. The molecule has 1 heterocycles. The summed E-state index contributed by atoms with van der Waals surface area (Å²) in [5.41, 5.74) is 5.60. The van der Waals surface area contributed by atoms with Crippen LogP contribution in [0, 0.1) is 11.8 Å². The van der Waals surface area contributed by atoms with E-state index in [1.807, 2.05) is 0 Å². The number of carbonyl (C=O) groups is 1. The zero-order chi connectivity index (χ0) is 8.97. The van der Waals surface area contributed by atoms with Gasteiger partial charge in [0.15, 0.2) is 17.8 Å². The fourth-order valence-corrected chi connectivity index (χ4v) is 0.700. The Hall–Kier alpha value is -1.60. The summed E-state index contributed by atoms with van der Waals surface area (Å²) in [6, 6.07) is 0. The molecule has 0 saturated heterocycles. The number of nitrogens with zero attached hydrogens (tertiary/aromatic N) is 2. The molecule has 0 aliphatic carbocycles. The normalized spacial score (nSPS) is 8.42. The molecular formula is C7H4ClN3O. The maximum Gasteiger partial charge on any atom is 0.193 e. The van der Waals surface area contributed by atoms with Gasteiger partial charge in [-0.1, -0.05) is 11.6 Å². The number of aromatic nitrogens is 2. The van der Waals surface area contributed by atoms with Crippen molar-refractivity contribution in [3.8, 4) is 11.8 Å². The lowest BCUT2D eigenvalue weighted by Gasteiger charge is -1.94. The van der Waals surface area contributed by atoms with Gasteiger partial charge in [0, 0.05) is 0 Å². The summed E-state index contributed by atoms with van der Waals surface area (Å²) in [6.07, 6.45) is 1.75. The van der Waals surface area contributed by atoms with Gasteiger partial charge >= 0.3 is 0 Å². The molecular weight excluding hydrogens is 178 g/mol. The van der Waals surface area contributed by atoms with Crippen LogP contribution in [-0.4, -0.2) is 16.3 Å². The molecule has 1 aromatic rings. The largest absolute Gasteiger partial charge is 0.381 e. The molecule has 0 amide bonds. The molecule has 0 bridgehead atoms. The number of nitrogens with two attached hydrogens (primary N) is 1. The van der Waals surface area contributed by atoms with Gasteiger partial charge in [-0.3, -0.25) is 4.79 Å². The van der Waals surface area contributed by atoms with Crippen LogP contribution in [0.5, 0.6) is 0 Å². The van der Waals surface area contributed by atoms with E-state index in [-0.39, 0.29) is 16.7 Å². The minimum absolute atomic E-state index is 0.161. The predicted octanol–water partition coefficient (Wildman–Crippen LogP) is 0.263. The third kappa shape index (κ3) is 1.94. The zero-order valence-corrected chi connectivity index (χ0v) is 6.67. The molecule has 1 rings (SSSR count). The van der Waals surface area contributed by atoms with Crippen LogP contribution in [0.4, 0.5) is 5.82 Å². The van der Waals surface area contributed by atoms with Crippen LogP contribution >= 0.6 is 11.6 Å². The van der Waals surface area contributed by atoms with E-state index in [4.69, 9.17) is 17.3 Å². The smallest absolute Gasteiger partial charge is 0.193 e. The van der Waals surface area contributed by atoms with Crippen molar-refractivity contribution in [1.82, 2.24) is 9.97 Å². The lowest BCUT2D eigenvalue weighted by atomic mass is 10.4. The average Bonchev–Trinajstić information content (AvgIpc) is 2.07. The van der Waals surface area contributed by atoms with Crippen molar-refractivity contribution < 1.29 is 4.79 Å². The second-order valence-electron chi connectivity index (χ2n) is 1.81. The summed E-state index contributed by atoms with van der Waals surface area (Å²) in [5, 5.41) is 0.194. The van der Waals surface area contributed by atoms with Crippen molar-refractivity contribution >= 4 is 23.7 Å². The highest BCUT2D eigenvalue weighted by Gasteiger charge is 1.98. The van der Waals surface area contributed by atoms with Crippen LogP contribution < -0.4 is 5.73 Å². The van der Waals surface area contributed by atoms with Crippen LogP contribution in [0.25, 0.3) is 0 Å². The lowest BCUT2D eigenvalue weighted by molar-refractivity contribution is -0.103. The monoisotopic (exact) mass is 181 g/mol. The van der Waals surface area contributed by atoms with E-state index in [9.17, 15) is 4.79 Å². The average molecular weight is 182 g/mol. The molecule has 1 aromatic heterocycles. The number of nitrogen functional groups attached to an aromatic ring is 1. The van der Waals surface area contributed by atoms with Gasteiger partial charge < -0.3 is 5.73 Å². The van der Waals surface area contributed by atoms with E-state index < -0.39 is 0 Å². The van der Waals surface area contributed by atoms with E-state index in [0.717, 1.165) is 0 Å². The molecule has 0 atom stereocenters. The van der Waals surface area contributed by atoms with E-state index in [2.05, 4.69) is 21.8 Å². The summed E-state index contributed by atoms with van der Waals surface area (Å²) in [4.78, 5) is 17.3. The molecule has 0 radical (unpaired) electrons. The lowest BCUT2D eigenvalue weighted by Crippen LogP contribution is -1.97. The second-order valence-corrected chi connectivity index (χ2v) is 2.20. The number of carbonyl (C=O) groups excluding carboxylic acids is 1. The Balaban J connectivity index is 3.13. The standard InChI is InChI=1S/C7H4ClN3O/c8-6-4-10-7(9)5(11-6)2-1-3-12/h3-4H,(H2,9,10). The van der Waals surface area contributed by atoms with Crippen LogP contribution in [-0.2, 0) is 4.79 Å². The second kappa shape index (κ2) is 3.69.